The van der Waals surface area contributed by atoms with Gasteiger partial charge in [-0.1, -0.05) is 119 Å². The number of fused-ring (bicyclic) bond motifs is 3. The fourth-order valence-electron chi connectivity index (χ4n) is 7.22. The lowest BCUT2D eigenvalue weighted by Crippen LogP contribution is -2.57. The average molecular weight is 753 g/mol. The molecule has 4 atom stereocenters. The highest BCUT2D eigenvalue weighted by atomic mass is 16.8. The topological polar surface area (TPSA) is 135 Å². The van der Waals surface area contributed by atoms with Crippen LogP contribution in [0.1, 0.15) is 89.3 Å². The number of carbonyl (C=O) groups is 4. The Morgan fingerprint density at radius 2 is 1.47 bits per heavy atom. The summed E-state index contributed by atoms with van der Waals surface area (Å²) < 4.78 is 11.3. The smallest absolute Gasteiger partial charge is 0.407 e. The maximum absolute atomic E-state index is 14.3. The third kappa shape index (κ3) is 11.5. The molecule has 294 valence electrons. The Labute approximate surface area is 325 Å². The molecule has 0 aromatic heterocycles. The molecule has 1 heterocycles. The van der Waals surface area contributed by atoms with Crippen LogP contribution in [-0.4, -0.2) is 60.9 Å². The number of nitrogens with zero attached hydrogens (tertiary/aromatic N) is 1. The van der Waals surface area contributed by atoms with E-state index in [9.17, 15) is 19.2 Å². The van der Waals surface area contributed by atoms with Gasteiger partial charge in [-0.2, -0.15) is 0 Å². The van der Waals surface area contributed by atoms with Gasteiger partial charge in [0.2, 0.25) is 11.8 Å². The minimum Gasteiger partial charge on any atom is -0.449 e. The maximum Gasteiger partial charge on any atom is 0.407 e. The van der Waals surface area contributed by atoms with Crippen molar-refractivity contribution in [2.24, 2.45) is 23.7 Å². The van der Waals surface area contributed by atoms with Gasteiger partial charge in [-0.15, -0.1) is 0 Å². The third-order valence-corrected chi connectivity index (χ3v) is 9.92. The summed E-state index contributed by atoms with van der Waals surface area (Å²) in [6.45, 7) is 10.2. The van der Waals surface area contributed by atoms with Gasteiger partial charge in [0, 0.05) is 25.5 Å². The summed E-state index contributed by atoms with van der Waals surface area (Å²) in [4.78, 5) is 60.8. The number of nitrogens with one attached hydrogen (secondary N) is 3. The summed E-state index contributed by atoms with van der Waals surface area (Å²) >= 11 is 0. The highest BCUT2D eigenvalue weighted by molar-refractivity contribution is 5.91. The van der Waals surface area contributed by atoms with Gasteiger partial charge in [-0.05, 0) is 72.3 Å². The van der Waals surface area contributed by atoms with Gasteiger partial charge < -0.3 is 14.8 Å². The van der Waals surface area contributed by atoms with Crippen molar-refractivity contribution in [3.63, 3.8) is 0 Å². The number of hydrazine groups is 1. The molecule has 0 spiro atoms. The molecular formula is C44H56N4O7. The monoisotopic (exact) mass is 752 g/mol. The molecule has 4 amide bonds. The second-order valence-corrected chi connectivity index (χ2v) is 15.3. The van der Waals surface area contributed by atoms with Crippen molar-refractivity contribution in [1.82, 2.24) is 21.2 Å². The standard InChI is InChI=1S/C44H56N4O7/c1-29(2)26-38(37(23-15-18-32-16-7-6-8-17-32)42(50)47-55-40-24-13-14-25-53-40)41(49)46-48(27-30(3)4)43(51)31(5)45-44(52)54-28-39-35-21-11-9-19-33(35)34-20-10-12-22-36(34)39/h6-12,15-22,29-31,37-40H,13-14,23-28H2,1-5H3,(H,45,52)(H,46,49)(H,47,50)/b18-15+/t31-,37+,38-,40?/m1/s1. The van der Waals surface area contributed by atoms with Crippen LogP contribution in [0.2, 0.25) is 0 Å². The molecule has 3 N–H and O–H groups in total. The Hall–Kier alpha value is -5.00. The number of alkyl carbamates (subject to hydrolysis) is 1. The molecule has 11 heteroatoms. The first-order valence-electron chi connectivity index (χ1n) is 19.5. The fraction of sp³-hybridized carbons (Fsp3) is 0.455. The molecular weight excluding hydrogens is 697 g/mol. The number of hydroxylamine groups is 1. The zero-order valence-electron chi connectivity index (χ0n) is 32.7. The van der Waals surface area contributed by atoms with Gasteiger partial charge in [-0.25, -0.2) is 15.1 Å². The molecule has 5 rings (SSSR count). The van der Waals surface area contributed by atoms with Crippen molar-refractivity contribution in [1.29, 1.82) is 0 Å². The maximum atomic E-state index is 14.3. The minimum atomic E-state index is -1.02. The first-order valence-corrected chi connectivity index (χ1v) is 19.5. The molecule has 0 saturated carbocycles. The summed E-state index contributed by atoms with van der Waals surface area (Å²) in [5, 5.41) is 3.91. The molecule has 1 unspecified atom stereocenters. The van der Waals surface area contributed by atoms with Gasteiger partial charge in [0.05, 0.1) is 11.8 Å². The second kappa shape index (κ2) is 20.1. The molecule has 1 aliphatic heterocycles. The number of amides is 4. The highest BCUT2D eigenvalue weighted by Crippen LogP contribution is 2.44. The van der Waals surface area contributed by atoms with Crippen molar-refractivity contribution < 1.29 is 33.5 Å². The number of benzene rings is 3. The Morgan fingerprint density at radius 1 is 0.818 bits per heavy atom. The van der Waals surface area contributed by atoms with Gasteiger partial charge in [0.15, 0.2) is 6.29 Å². The van der Waals surface area contributed by atoms with Crippen LogP contribution in [0, 0.1) is 23.7 Å². The first-order chi connectivity index (χ1) is 26.5. The van der Waals surface area contributed by atoms with E-state index in [2.05, 4.69) is 28.4 Å². The van der Waals surface area contributed by atoms with E-state index in [4.69, 9.17) is 14.3 Å². The number of carbonyl (C=O) groups excluding carboxylic acids is 4. The average Bonchev–Trinajstić information content (AvgIpc) is 3.50. The van der Waals surface area contributed by atoms with Crippen LogP contribution in [0.3, 0.4) is 0 Å². The third-order valence-electron chi connectivity index (χ3n) is 9.92. The number of hydrogen-bond acceptors (Lipinski definition) is 7. The molecule has 3 aromatic carbocycles. The highest BCUT2D eigenvalue weighted by Gasteiger charge is 2.37. The Kier molecular flexibility index (Phi) is 15.0. The molecule has 1 aliphatic carbocycles. The van der Waals surface area contributed by atoms with Crippen molar-refractivity contribution in [2.45, 2.75) is 85.0 Å². The van der Waals surface area contributed by atoms with Crippen LogP contribution in [0.5, 0.6) is 0 Å². The zero-order chi connectivity index (χ0) is 39.3. The number of ether oxygens (including phenoxy) is 2. The summed E-state index contributed by atoms with van der Waals surface area (Å²) in [5.41, 5.74) is 10.8. The SMILES string of the molecule is CC(C)C[C@@H](C(=O)NN(CC(C)C)C(=O)[C@@H](C)NC(=O)OCC1c2ccccc2-c2ccccc21)[C@H](C/C=C/c1ccccc1)C(=O)NOC1CCCCO1. The van der Waals surface area contributed by atoms with E-state index in [0.29, 0.717) is 19.4 Å². The summed E-state index contributed by atoms with van der Waals surface area (Å²) in [7, 11) is 0. The van der Waals surface area contributed by atoms with Gasteiger partial charge in [-0.3, -0.25) is 24.8 Å². The van der Waals surface area contributed by atoms with Gasteiger partial charge >= 0.3 is 6.09 Å². The summed E-state index contributed by atoms with van der Waals surface area (Å²) in [6, 6.07) is 24.8. The van der Waals surface area contributed by atoms with Crippen molar-refractivity contribution in [2.75, 3.05) is 19.8 Å². The fourth-order valence-corrected chi connectivity index (χ4v) is 7.22. The van der Waals surface area contributed by atoms with Crippen molar-refractivity contribution >= 4 is 29.9 Å². The first kappa shape index (κ1) is 41.2. The Bertz CT molecular complexity index is 1730. The van der Waals surface area contributed by atoms with Crippen molar-refractivity contribution in [3.05, 3.63) is 102 Å². The van der Waals surface area contributed by atoms with E-state index < -0.39 is 48.0 Å². The van der Waals surface area contributed by atoms with Crippen LogP contribution < -0.4 is 16.2 Å². The van der Waals surface area contributed by atoms with Crippen LogP contribution >= 0.6 is 0 Å². The number of hydrogen-bond donors (Lipinski definition) is 3. The van der Waals surface area contributed by atoms with E-state index >= 15 is 0 Å². The quantitative estimate of drug-likeness (QED) is 0.130. The Morgan fingerprint density at radius 3 is 2.09 bits per heavy atom. The van der Waals surface area contributed by atoms with E-state index in [1.54, 1.807) is 6.92 Å². The van der Waals surface area contributed by atoms with E-state index in [-0.39, 0.29) is 37.3 Å². The molecule has 0 radical (unpaired) electrons. The van der Waals surface area contributed by atoms with Crippen molar-refractivity contribution in [3.8, 4) is 11.1 Å². The van der Waals surface area contributed by atoms with Gasteiger partial charge in [0.1, 0.15) is 12.6 Å². The predicted molar refractivity (Wildman–Crippen MR) is 212 cm³/mol. The van der Waals surface area contributed by atoms with Crippen LogP contribution in [0.4, 0.5) is 4.79 Å². The molecule has 11 nitrogen and oxygen atoms in total. The molecule has 3 aromatic rings. The lowest BCUT2D eigenvalue weighted by atomic mass is 9.82. The van der Waals surface area contributed by atoms with E-state index in [1.165, 1.54) is 5.01 Å². The van der Waals surface area contributed by atoms with Gasteiger partial charge in [0.25, 0.3) is 5.91 Å². The molecule has 1 saturated heterocycles. The largest absolute Gasteiger partial charge is 0.449 e. The zero-order valence-corrected chi connectivity index (χ0v) is 32.7. The van der Waals surface area contributed by atoms with Crippen LogP contribution in [-0.2, 0) is 28.7 Å². The molecule has 1 fully saturated rings. The van der Waals surface area contributed by atoms with E-state index in [1.807, 2.05) is 107 Å². The Balaban J connectivity index is 1.27. The van der Waals surface area contributed by atoms with E-state index in [0.717, 1.165) is 40.7 Å². The van der Waals surface area contributed by atoms with Crippen LogP contribution in [0.25, 0.3) is 17.2 Å². The molecule has 0 bridgehead atoms. The predicted octanol–water partition coefficient (Wildman–Crippen LogP) is 7.39. The normalized spacial score (nSPS) is 16.9. The number of rotatable bonds is 16. The summed E-state index contributed by atoms with van der Waals surface area (Å²) in [5.74, 6) is -3.17. The number of allylic oxidation sites excluding steroid dienone is 1. The minimum absolute atomic E-state index is 0.0220. The lowest BCUT2D eigenvalue weighted by molar-refractivity contribution is -0.203. The molecule has 55 heavy (non-hydrogen) atoms. The van der Waals surface area contributed by atoms with Crippen LogP contribution in [0.15, 0.2) is 84.9 Å². The molecule has 2 aliphatic rings. The second-order valence-electron chi connectivity index (χ2n) is 15.3. The lowest BCUT2D eigenvalue weighted by Gasteiger charge is -2.32. The summed E-state index contributed by atoms with van der Waals surface area (Å²) in [6.07, 6.45) is 5.65.